The summed E-state index contributed by atoms with van der Waals surface area (Å²) in [5.74, 6) is 0.790. The Morgan fingerprint density at radius 1 is 1.40 bits per heavy atom. The zero-order chi connectivity index (χ0) is 14.2. The minimum atomic E-state index is 0.0900. The first-order chi connectivity index (χ1) is 9.63. The minimum absolute atomic E-state index is 0.0900. The largest absolute Gasteiger partial charge is 0.330 e. The lowest BCUT2D eigenvalue weighted by atomic mass is 9.66. The van der Waals surface area contributed by atoms with Gasteiger partial charge in [0.1, 0.15) is 0 Å². The molecule has 1 aliphatic heterocycles. The Bertz CT molecular complexity index is 502. The highest BCUT2D eigenvalue weighted by atomic mass is 16.2. The summed E-state index contributed by atoms with van der Waals surface area (Å²) in [7, 11) is 0. The van der Waals surface area contributed by atoms with E-state index in [-0.39, 0.29) is 11.3 Å². The van der Waals surface area contributed by atoms with Crippen molar-refractivity contribution >= 4 is 11.6 Å². The van der Waals surface area contributed by atoms with Crippen LogP contribution in [0.15, 0.2) is 24.3 Å². The maximum atomic E-state index is 12.7. The molecule has 1 unspecified atom stereocenters. The number of amides is 1. The van der Waals surface area contributed by atoms with Crippen LogP contribution in [0.3, 0.4) is 0 Å². The molecular formula is C17H24N2O. The van der Waals surface area contributed by atoms with Crippen molar-refractivity contribution < 1.29 is 4.79 Å². The van der Waals surface area contributed by atoms with Crippen LogP contribution in [0.25, 0.3) is 0 Å². The molecular weight excluding hydrogens is 248 g/mol. The average Bonchev–Trinajstić information content (AvgIpc) is 2.41. The van der Waals surface area contributed by atoms with Crippen LogP contribution >= 0.6 is 0 Å². The predicted octanol–water partition coefficient (Wildman–Crippen LogP) is 2.73. The van der Waals surface area contributed by atoms with Crippen LogP contribution in [0.2, 0.25) is 0 Å². The van der Waals surface area contributed by atoms with Gasteiger partial charge in [0.05, 0.1) is 0 Å². The van der Waals surface area contributed by atoms with Gasteiger partial charge in [-0.2, -0.15) is 0 Å². The Labute approximate surface area is 121 Å². The molecule has 1 saturated carbocycles. The molecule has 1 aromatic rings. The summed E-state index contributed by atoms with van der Waals surface area (Å²) in [6, 6.07) is 8.31. The van der Waals surface area contributed by atoms with Gasteiger partial charge in [-0.05, 0) is 48.8 Å². The molecule has 20 heavy (non-hydrogen) atoms. The summed E-state index contributed by atoms with van der Waals surface area (Å²) in [5.41, 5.74) is 8.40. The lowest BCUT2D eigenvalue weighted by Gasteiger charge is -2.42. The summed E-state index contributed by atoms with van der Waals surface area (Å²) in [4.78, 5) is 14.7. The Morgan fingerprint density at radius 2 is 2.15 bits per heavy atom. The summed E-state index contributed by atoms with van der Waals surface area (Å²) in [5, 5.41) is 0. The van der Waals surface area contributed by atoms with Gasteiger partial charge in [-0.15, -0.1) is 0 Å². The van der Waals surface area contributed by atoms with Crippen molar-refractivity contribution in [1.82, 2.24) is 0 Å². The number of benzene rings is 1. The van der Waals surface area contributed by atoms with Crippen LogP contribution in [0.5, 0.6) is 0 Å². The van der Waals surface area contributed by atoms with Crippen LogP contribution in [0, 0.1) is 11.3 Å². The smallest absolute Gasteiger partial charge is 0.227 e. The Hall–Kier alpha value is -1.35. The third kappa shape index (κ3) is 2.35. The maximum Gasteiger partial charge on any atom is 0.227 e. The number of fused-ring (bicyclic) bond motifs is 1. The van der Waals surface area contributed by atoms with E-state index in [1.54, 1.807) is 0 Å². The van der Waals surface area contributed by atoms with Crippen molar-refractivity contribution in [3.63, 3.8) is 0 Å². The number of para-hydroxylation sites is 1. The molecule has 0 saturated heterocycles. The summed E-state index contributed by atoms with van der Waals surface area (Å²) >= 11 is 0. The first-order valence-electron chi connectivity index (χ1n) is 7.72. The van der Waals surface area contributed by atoms with Crippen molar-refractivity contribution in [3.05, 3.63) is 29.8 Å². The van der Waals surface area contributed by atoms with E-state index in [4.69, 9.17) is 5.73 Å². The van der Waals surface area contributed by atoms with Crippen LogP contribution in [-0.2, 0) is 11.2 Å². The highest BCUT2D eigenvalue weighted by molar-refractivity contribution is 5.95. The fraction of sp³-hybridized carbons (Fsp3) is 0.588. The third-order valence-electron chi connectivity index (χ3n) is 5.02. The molecule has 1 amide bonds. The normalized spacial score (nSPS) is 23.9. The van der Waals surface area contributed by atoms with E-state index in [2.05, 4.69) is 25.1 Å². The van der Waals surface area contributed by atoms with E-state index in [0.29, 0.717) is 18.9 Å². The quantitative estimate of drug-likeness (QED) is 0.919. The average molecular weight is 272 g/mol. The lowest BCUT2D eigenvalue weighted by Crippen LogP contribution is -2.46. The number of nitrogens with zero attached hydrogens (tertiary/aromatic N) is 1. The van der Waals surface area contributed by atoms with Crippen molar-refractivity contribution in [1.29, 1.82) is 0 Å². The van der Waals surface area contributed by atoms with Crippen LogP contribution in [-0.4, -0.2) is 19.0 Å². The Balaban J connectivity index is 1.81. The molecule has 1 aliphatic carbocycles. The highest BCUT2D eigenvalue weighted by Gasteiger charge is 2.39. The number of anilines is 1. The molecule has 0 spiro atoms. The van der Waals surface area contributed by atoms with Crippen LogP contribution < -0.4 is 10.6 Å². The van der Waals surface area contributed by atoms with E-state index in [9.17, 15) is 4.79 Å². The van der Waals surface area contributed by atoms with E-state index in [1.165, 1.54) is 12.0 Å². The number of carbonyl (C=O) groups is 1. The molecule has 1 heterocycles. The molecule has 0 bridgehead atoms. The van der Waals surface area contributed by atoms with E-state index < -0.39 is 0 Å². The monoisotopic (exact) mass is 272 g/mol. The first-order valence-corrected chi connectivity index (χ1v) is 7.72. The van der Waals surface area contributed by atoms with Crippen LogP contribution in [0.1, 0.15) is 38.2 Å². The maximum absolute atomic E-state index is 12.7. The van der Waals surface area contributed by atoms with Crippen LogP contribution in [0.4, 0.5) is 5.69 Å². The molecule has 0 radical (unpaired) electrons. The second-order valence-corrected chi connectivity index (χ2v) is 6.68. The van der Waals surface area contributed by atoms with E-state index in [1.807, 2.05) is 11.0 Å². The molecule has 3 nitrogen and oxygen atoms in total. The van der Waals surface area contributed by atoms with Gasteiger partial charge >= 0.3 is 0 Å². The summed E-state index contributed by atoms with van der Waals surface area (Å²) < 4.78 is 0. The van der Waals surface area contributed by atoms with Gasteiger partial charge in [0.2, 0.25) is 5.91 Å². The van der Waals surface area contributed by atoms with Gasteiger partial charge in [0.15, 0.2) is 0 Å². The number of rotatable bonds is 3. The van der Waals surface area contributed by atoms with Gasteiger partial charge in [0.25, 0.3) is 0 Å². The second-order valence-electron chi connectivity index (χ2n) is 6.68. The summed E-state index contributed by atoms with van der Waals surface area (Å²) in [6.07, 6.45) is 5.13. The van der Waals surface area contributed by atoms with Crippen molar-refractivity contribution in [2.75, 3.05) is 18.0 Å². The molecule has 1 atom stereocenters. The van der Waals surface area contributed by atoms with Crippen molar-refractivity contribution in [2.45, 2.75) is 39.0 Å². The minimum Gasteiger partial charge on any atom is -0.330 e. The lowest BCUT2D eigenvalue weighted by molar-refractivity contribution is -0.122. The fourth-order valence-electron chi connectivity index (χ4n) is 3.58. The Morgan fingerprint density at radius 3 is 2.80 bits per heavy atom. The second kappa shape index (κ2) is 5.21. The highest BCUT2D eigenvalue weighted by Crippen LogP contribution is 2.44. The van der Waals surface area contributed by atoms with Crippen molar-refractivity contribution in [2.24, 2.45) is 17.1 Å². The molecule has 108 valence electrons. The predicted molar refractivity (Wildman–Crippen MR) is 81.6 cm³/mol. The molecule has 2 N–H and O–H groups in total. The number of nitrogens with two attached hydrogens (primary N) is 1. The fourth-order valence-corrected chi connectivity index (χ4v) is 3.58. The molecule has 0 aromatic heterocycles. The van der Waals surface area contributed by atoms with Gasteiger partial charge in [-0.1, -0.05) is 31.5 Å². The van der Waals surface area contributed by atoms with Crippen molar-refractivity contribution in [3.8, 4) is 0 Å². The molecule has 2 aliphatic rings. The van der Waals surface area contributed by atoms with E-state index in [0.717, 1.165) is 31.5 Å². The van der Waals surface area contributed by atoms with Gasteiger partial charge in [0, 0.05) is 18.7 Å². The zero-order valence-electron chi connectivity index (χ0n) is 12.3. The number of hydrogen-bond acceptors (Lipinski definition) is 2. The Kier molecular flexibility index (Phi) is 3.55. The number of hydrogen-bond donors (Lipinski definition) is 1. The SMILES string of the molecule is CC1Cc2ccccc2N(C(=O)CC2(CN)CCC2)C1. The van der Waals surface area contributed by atoms with Gasteiger partial charge in [-0.3, -0.25) is 4.79 Å². The zero-order valence-corrected chi connectivity index (χ0v) is 12.3. The van der Waals surface area contributed by atoms with Gasteiger partial charge in [-0.25, -0.2) is 0 Å². The summed E-state index contributed by atoms with van der Waals surface area (Å²) in [6.45, 7) is 3.71. The van der Waals surface area contributed by atoms with Gasteiger partial charge < -0.3 is 10.6 Å². The molecule has 1 fully saturated rings. The molecule has 3 heteroatoms. The topological polar surface area (TPSA) is 46.3 Å². The molecule has 3 rings (SSSR count). The molecule has 1 aromatic carbocycles. The standard InChI is InChI=1S/C17H24N2O/c1-13-9-14-5-2-3-6-15(14)19(11-13)16(20)10-17(12-18)7-4-8-17/h2-3,5-6,13H,4,7-12,18H2,1H3. The van der Waals surface area contributed by atoms with E-state index >= 15 is 0 Å². The number of carbonyl (C=O) groups excluding carboxylic acids is 1. The third-order valence-corrected chi connectivity index (χ3v) is 5.02. The first kappa shape index (κ1) is 13.6.